The number of aromatic nitrogens is 1. The van der Waals surface area contributed by atoms with Crippen LogP contribution in [0.25, 0.3) is 0 Å². The lowest BCUT2D eigenvalue weighted by atomic mass is 10.2. The molecular formula is C17H17N3O3. The number of likely N-dealkylation sites (tertiary alicyclic amines) is 1. The smallest absolute Gasteiger partial charge is 0.322 e. The first-order chi connectivity index (χ1) is 11.3. The second-order valence-corrected chi connectivity index (χ2v) is 5.74. The van der Waals surface area contributed by atoms with Crippen LogP contribution in [0.5, 0.6) is 11.5 Å². The van der Waals surface area contributed by atoms with Crippen molar-refractivity contribution in [3.05, 3.63) is 48.8 Å². The topological polar surface area (TPSA) is 63.7 Å². The van der Waals surface area contributed by atoms with E-state index in [1.165, 1.54) is 0 Å². The molecule has 0 saturated carbocycles. The second-order valence-electron chi connectivity index (χ2n) is 5.74. The van der Waals surface area contributed by atoms with Gasteiger partial charge in [-0.3, -0.25) is 4.98 Å². The maximum Gasteiger partial charge on any atom is 0.322 e. The van der Waals surface area contributed by atoms with E-state index in [-0.39, 0.29) is 18.2 Å². The van der Waals surface area contributed by atoms with Gasteiger partial charge >= 0.3 is 6.03 Å². The van der Waals surface area contributed by atoms with Crippen molar-refractivity contribution in [2.75, 3.05) is 18.5 Å². The molecule has 6 nitrogen and oxygen atoms in total. The zero-order chi connectivity index (χ0) is 15.6. The van der Waals surface area contributed by atoms with E-state index in [9.17, 15) is 4.79 Å². The van der Waals surface area contributed by atoms with Crippen LogP contribution in [0, 0.1) is 0 Å². The molecule has 0 unspecified atom stereocenters. The number of ether oxygens (including phenoxy) is 2. The number of pyridine rings is 1. The normalized spacial score (nSPS) is 22.2. The Morgan fingerprint density at radius 1 is 1.26 bits per heavy atom. The molecule has 2 bridgehead atoms. The number of fused-ring (bicyclic) bond motifs is 2. The van der Waals surface area contributed by atoms with Gasteiger partial charge in [-0.15, -0.1) is 0 Å². The summed E-state index contributed by atoms with van der Waals surface area (Å²) in [5, 5.41) is 2.92. The van der Waals surface area contributed by atoms with Crippen molar-refractivity contribution < 1.29 is 14.3 Å². The van der Waals surface area contributed by atoms with Gasteiger partial charge in [-0.2, -0.15) is 0 Å². The molecule has 2 aromatic rings. The molecule has 6 heteroatoms. The lowest BCUT2D eigenvalue weighted by molar-refractivity contribution is 0.0473. The number of amides is 2. The number of hydrogen-bond donors (Lipinski definition) is 1. The van der Waals surface area contributed by atoms with Crippen LogP contribution in [0.4, 0.5) is 10.5 Å². The van der Waals surface area contributed by atoms with Crippen LogP contribution in [0.1, 0.15) is 6.42 Å². The average Bonchev–Trinajstić information content (AvgIpc) is 3.21. The van der Waals surface area contributed by atoms with E-state index in [1.54, 1.807) is 12.4 Å². The second kappa shape index (κ2) is 5.89. The van der Waals surface area contributed by atoms with E-state index >= 15 is 0 Å². The van der Waals surface area contributed by atoms with Crippen molar-refractivity contribution in [1.82, 2.24) is 9.88 Å². The molecule has 0 aliphatic carbocycles. The molecule has 3 heterocycles. The molecule has 23 heavy (non-hydrogen) atoms. The van der Waals surface area contributed by atoms with Gasteiger partial charge in [0.05, 0.1) is 24.9 Å². The first-order valence-electron chi connectivity index (χ1n) is 7.65. The fourth-order valence-corrected chi connectivity index (χ4v) is 2.99. The SMILES string of the molecule is O=C(Nc1ccc(Oc2cccnc2)cc1)N1C[C@@H]2C[C@H]1CO2. The lowest BCUT2D eigenvalue weighted by Crippen LogP contribution is -2.43. The first-order valence-corrected chi connectivity index (χ1v) is 7.65. The van der Waals surface area contributed by atoms with Gasteiger partial charge in [-0.1, -0.05) is 0 Å². The van der Waals surface area contributed by atoms with Crippen LogP contribution in [0.15, 0.2) is 48.8 Å². The number of nitrogens with zero attached hydrogens (tertiary/aromatic N) is 2. The third-order valence-corrected chi connectivity index (χ3v) is 4.14. The predicted molar refractivity (Wildman–Crippen MR) is 84.6 cm³/mol. The zero-order valence-corrected chi connectivity index (χ0v) is 12.5. The summed E-state index contributed by atoms with van der Waals surface area (Å²) in [6.45, 7) is 1.33. The molecule has 2 aliphatic heterocycles. The quantitative estimate of drug-likeness (QED) is 0.946. The van der Waals surface area contributed by atoms with Crippen molar-refractivity contribution in [2.45, 2.75) is 18.6 Å². The number of carbonyl (C=O) groups is 1. The third kappa shape index (κ3) is 2.98. The van der Waals surface area contributed by atoms with Crippen LogP contribution in [-0.4, -0.2) is 41.2 Å². The molecule has 0 radical (unpaired) electrons. The van der Waals surface area contributed by atoms with Gasteiger partial charge in [-0.05, 0) is 42.8 Å². The maximum atomic E-state index is 12.3. The Kier molecular flexibility index (Phi) is 3.59. The number of urea groups is 1. The first kappa shape index (κ1) is 14.0. The minimum Gasteiger partial charge on any atom is -0.456 e. The lowest BCUT2D eigenvalue weighted by Gasteiger charge is -2.27. The molecule has 0 spiro atoms. The van der Waals surface area contributed by atoms with Crippen LogP contribution in [0.2, 0.25) is 0 Å². The molecule has 1 aromatic carbocycles. The van der Waals surface area contributed by atoms with Crippen LogP contribution < -0.4 is 10.1 Å². The monoisotopic (exact) mass is 311 g/mol. The fourth-order valence-electron chi connectivity index (χ4n) is 2.99. The van der Waals surface area contributed by atoms with Gasteiger partial charge in [0.1, 0.15) is 11.5 Å². The number of benzene rings is 1. The summed E-state index contributed by atoms with van der Waals surface area (Å²) in [5.74, 6) is 1.38. The number of morpholine rings is 1. The Labute approximate surface area is 134 Å². The van der Waals surface area contributed by atoms with E-state index in [4.69, 9.17) is 9.47 Å². The van der Waals surface area contributed by atoms with E-state index in [0.29, 0.717) is 24.7 Å². The minimum absolute atomic E-state index is 0.0678. The van der Waals surface area contributed by atoms with Gasteiger partial charge in [-0.25, -0.2) is 4.79 Å². The molecule has 2 aliphatic rings. The van der Waals surface area contributed by atoms with Gasteiger partial charge in [0.2, 0.25) is 0 Å². The summed E-state index contributed by atoms with van der Waals surface area (Å²) in [6, 6.07) is 11.1. The Hall–Kier alpha value is -2.60. The highest BCUT2D eigenvalue weighted by atomic mass is 16.5. The van der Waals surface area contributed by atoms with Gasteiger partial charge < -0.3 is 19.7 Å². The molecule has 2 saturated heterocycles. The number of carbonyl (C=O) groups excluding carboxylic acids is 1. The summed E-state index contributed by atoms with van der Waals surface area (Å²) < 4.78 is 11.2. The standard InChI is InChI=1S/C17H17N3O3/c21-17(20-10-16-8-13(20)11-22-16)19-12-3-5-14(6-4-12)23-15-2-1-7-18-9-15/h1-7,9,13,16H,8,10-11H2,(H,19,21)/t13-,16-/m0/s1. The molecule has 1 aromatic heterocycles. The molecule has 4 rings (SSSR count). The zero-order valence-electron chi connectivity index (χ0n) is 12.5. The van der Waals surface area contributed by atoms with Crippen molar-refractivity contribution in [1.29, 1.82) is 0 Å². The third-order valence-electron chi connectivity index (χ3n) is 4.14. The maximum absolute atomic E-state index is 12.3. The van der Waals surface area contributed by atoms with Crippen molar-refractivity contribution >= 4 is 11.7 Å². The Morgan fingerprint density at radius 2 is 2.13 bits per heavy atom. The van der Waals surface area contributed by atoms with Crippen molar-refractivity contribution in [2.24, 2.45) is 0 Å². The van der Waals surface area contributed by atoms with E-state index in [1.807, 2.05) is 41.3 Å². The highest BCUT2D eigenvalue weighted by Gasteiger charge is 2.41. The van der Waals surface area contributed by atoms with Crippen LogP contribution in [0.3, 0.4) is 0 Å². The summed E-state index contributed by atoms with van der Waals surface area (Å²) >= 11 is 0. The van der Waals surface area contributed by atoms with Gasteiger partial charge in [0.25, 0.3) is 0 Å². The van der Waals surface area contributed by atoms with E-state index in [0.717, 1.165) is 12.1 Å². The van der Waals surface area contributed by atoms with Crippen molar-refractivity contribution in [3.63, 3.8) is 0 Å². The molecular weight excluding hydrogens is 294 g/mol. The van der Waals surface area contributed by atoms with E-state index < -0.39 is 0 Å². The molecule has 2 atom stereocenters. The Balaban J connectivity index is 1.37. The number of hydrogen-bond acceptors (Lipinski definition) is 4. The number of rotatable bonds is 3. The molecule has 2 fully saturated rings. The average molecular weight is 311 g/mol. The molecule has 1 N–H and O–H groups in total. The Bertz CT molecular complexity index is 690. The van der Waals surface area contributed by atoms with Gasteiger partial charge in [0, 0.05) is 18.4 Å². The Morgan fingerprint density at radius 3 is 2.78 bits per heavy atom. The highest BCUT2D eigenvalue weighted by molar-refractivity contribution is 5.90. The van der Waals surface area contributed by atoms with Crippen LogP contribution >= 0.6 is 0 Å². The minimum atomic E-state index is -0.0678. The predicted octanol–water partition coefficient (Wildman–Crippen LogP) is 2.88. The summed E-state index contributed by atoms with van der Waals surface area (Å²) in [7, 11) is 0. The van der Waals surface area contributed by atoms with Crippen LogP contribution in [-0.2, 0) is 4.74 Å². The number of anilines is 1. The summed E-state index contributed by atoms with van der Waals surface area (Å²) in [4.78, 5) is 18.2. The molecule has 2 amide bonds. The highest BCUT2D eigenvalue weighted by Crippen LogP contribution is 2.28. The summed E-state index contributed by atoms with van der Waals surface area (Å²) in [5.41, 5.74) is 0.747. The van der Waals surface area contributed by atoms with E-state index in [2.05, 4.69) is 10.3 Å². The largest absolute Gasteiger partial charge is 0.456 e. The summed E-state index contributed by atoms with van der Waals surface area (Å²) in [6.07, 6.45) is 4.51. The molecule has 118 valence electrons. The van der Waals surface area contributed by atoms with Crippen molar-refractivity contribution in [3.8, 4) is 11.5 Å². The van der Waals surface area contributed by atoms with Gasteiger partial charge in [0.15, 0.2) is 0 Å². The fraction of sp³-hybridized carbons (Fsp3) is 0.294. The number of nitrogens with one attached hydrogen (secondary N) is 1.